The molecule has 0 aromatic heterocycles. The van der Waals surface area contributed by atoms with Crippen molar-refractivity contribution in [2.75, 3.05) is 16.6 Å². The number of benzene rings is 1. The van der Waals surface area contributed by atoms with Gasteiger partial charge in [0.05, 0.1) is 11.4 Å². The number of fused-ring (bicyclic) bond motifs is 1. The van der Waals surface area contributed by atoms with Crippen LogP contribution < -0.4 is 9.62 Å². The Kier molecular flexibility index (Phi) is 5.68. The van der Waals surface area contributed by atoms with Crippen LogP contribution >= 0.6 is 0 Å². The molecule has 1 heterocycles. The Balaban J connectivity index is 2.24. The molecule has 1 aromatic carbocycles. The first kappa shape index (κ1) is 17.8. The summed E-state index contributed by atoms with van der Waals surface area (Å²) in [6.07, 6.45) is 3.55. The molecule has 0 aliphatic carbocycles. The summed E-state index contributed by atoms with van der Waals surface area (Å²) in [6.45, 7) is 6.25. The Morgan fingerprint density at radius 3 is 2.74 bits per heavy atom. The summed E-state index contributed by atoms with van der Waals surface area (Å²) in [6, 6.07) is 5.46. The van der Waals surface area contributed by atoms with Crippen LogP contribution in [-0.4, -0.2) is 32.7 Å². The molecule has 6 heteroatoms. The number of rotatable bonds is 6. The second kappa shape index (κ2) is 7.34. The second-order valence-electron chi connectivity index (χ2n) is 6.08. The van der Waals surface area contributed by atoms with Crippen LogP contribution in [0.3, 0.4) is 0 Å². The van der Waals surface area contributed by atoms with E-state index < -0.39 is 10.0 Å². The number of aryl methyl sites for hydroxylation is 1. The molecular formula is C17H26N2O3S. The zero-order valence-corrected chi connectivity index (χ0v) is 14.9. The highest BCUT2D eigenvalue weighted by Crippen LogP contribution is 2.30. The topological polar surface area (TPSA) is 66.5 Å². The number of nitrogens with one attached hydrogen (secondary N) is 1. The summed E-state index contributed by atoms with van der Waals surface area (Å²) in [5.41, 5.74) is 2.25. The maximum Gasteiger partial charge on any atom is 0.251 e. The molecule has 0 radical (unpaired) electrons. The second-order valence-corrected chi connectivity index (χ2v) is 8.26. The minimum absolute atomic E-state index is 0.0865. The predicted molar refractivity (Wildman–Crippen MR) is 93.4 cm³/mol. The maximum absolute atomic E-state index is 12.3. The highest BCUT2D eigenvalue weighted by molar-refractivity contribution is 7.92. The number of anilines is 1. The van der Waals surface area contributed by atoms with Crippen LogP contribution in [0.2, 0.25) is 0 Å². The van der Waals surface area contributed by atoms with Gasteiger partial charge < -0.3 is 5.32 Å². The van der Waals surface area contributed by atoms with Gasteiger partial charge in [-0.1, -0.05) is 13.3 Å². The molecule has 23 heavy (non-hydrogen) atoms. The van der Waals surface area contributed by atoms with Gasteiger partial charge in [-0.25, -0.2) is 8.42 Å². The molecule has 0 spiro atoms. The van der Waals surface area contributed by atoms with Crippen molar-refractivity contribution in [2.24, 2.45) is 0 Å². The molecule has 1 aliphatic heterocycles. The van der Waals surface area contributed by atoms with Crippen molar-refractivity contribution in [3.63, 3.8) is 0 Å². The summed E-state index contributed by atoms with van der Waals surface area (Å²) < 4.78 is 25.9. The molecular weight excluding hydrogens is 312 g/mol. The van der Waals surface area contributed by atoms with Crippen LogP contribution in [0.5, 0.6) is 0 Å². The fourth-order valence-electron chi connectivity index (χ4n) is 2.96. The van der Waals surface area contributed by atoms with E-state index in [1.54, 1.807) is 19.1 Å². The van der Waals surface area contributed by atoms with Gasteiger partial charge in [0.15, 0.2) is 0 Å². The smallest absolute Gasteiger partial charge is 0.251 e. The summed E-state index contributed by atoms with van der Waals surface area (Å²) in [7, 11) is -3.26. The van der Waals surface area contributed by atoms with Gasteiger partial charge in [-0.3, -0.25) is 9.10 Å². The Morgan fingerprint density at radius 2 is 2.09 bits per heavy atom. The van der Waals surface area contributed by atoms with Gasteiger partial charge >= 0.3 is 0 Å². The molecule has 5 nitrogen and oxygen atoms in total. The summed E-state index contributed by atoms with van der Waals surface area (Å²) in [5, 5.41) is 2.99. The molecule has 1 atom stereocenters. The lowest BCUT2D eigenvalue weighted by molar-refractivity contribution is 0.0938. The number of hydrogen-bond acceptors (Lipinski definition) is 3. The predicted octanol–water partition coefficient (Wildman–Crippen LogP) is 2.71. The number of sulfonamides is 1. The van der Waals surface area contributed by atoms with E-state index in [0.29, 0.717) is 12.1 Å². The van der Waals surface area contributed by atoms with Crippen LogP contribution in [0, 0.1) is 0 Å². The van der Waals surface area contributed by atoms with Gasteiger partial charge in [0.1, 0.15) is 0 Å². The zero-order chi connectivity index (χ0) is 17.0. The molecule has 1 aromatic rings. The minimum atomic E-state index is -3.26. The summed E-state index contributed by atoms with van der Waals surface area (Å²) >= 11 is 0. The first-order valence-electron chi connectivity index (χ1n) is 8.33. The van der Waals surface area contributed by atoms with E-state index in [9.17, 15) is 13.2 Å². The summed E-state index contributed by atoms with van der Waals surface area (Å²) in [4.78, 5) is 12.3. The van der Waals surface area contributed by atoms with Crippen molar-refractivity contribution in [3.8, 4) is 0 Å². The minimum Gasteiger partial charge on any atom is -0.350 e. The van der Waals surface area contributed by atoms with Crippen molar-refractivity contribution in [1.29, 1.82) is 0 Å². The van der Waals surface area contributed by atoms with Crippen molar-refractivity contribution in [3.05, 3.63) is 29.3 Å². The van der Waals surface area contributed by atoms with Crippen LogP contribution in [0.4, 0.5) is 5.69 Å². The van der Waals surface area contributed by atoms with E-state index in [-0.39, 0.29) is 17.7 Å². The fraction of sp³-hybridized carbons (Fsp3) is 0.588. The molecule has 0 bridgehead atoms. The number of amides is 1. The van der Waals surface area contributed by atoms with E-state index >= 15 is 0 Å². The SMILES string of the molecule is CCC[C@@H](C)NC(=O)c1ccc2c(c1)CCCN2S(=O)(=O)CC. The normalized spacial score (nSPS) is 15.9. The van der Waals surface area contributed by atoms with Crippen molar-refractivity contribution in [1.82, 2.24) is 5.32 Å². The molecule has 1 N–H and O–H groups in total. The average Bonchev–Trinajstić information content (AvgIpc) is 2.53. The fourth-order valence-corrected chi connectivity index (χ4v) is 4.16. The zero-order valence-electron chi connectivity index (χ0n) is 14.1. The number of carbonyl (C=O) groups excluding carboxylic acids is 1. The number of nitrogens with zero attached hydrogens (tertiary/aromatic N) is 1. The largest absolute Gasteiger partial charge is 0.350 e. The molecule has 0 fully saturated rings. The Bertz CT molecular complexity index is 670. The van der Waals surface area contributed by atoms with Crippen LogP contribution in [0.15, 0.2) is 18.2 Å². The van der Waals surface area contributed by atoms with E-state index in [1.807, 2.05) is 13.0 Å². The lowest BCUT2D eigenvalue weighted by atomic mass is 10.0. The van der Waals surface area contributed by atoms with Crippen molar-refractivity contribution < 1.29 is 13.2 Å². The molecule has 1 amide bonds. The van der Waals surface area contributed by atoms with E-state index in [4.69, 9.17) is 0 Å². The number of carbonyl (C=O) groups is 1. The van der Waals surface area contributed by atoms with Gasteiger partial charge in [-0.05, 0) is 56.9 Å². The van der Waals surface area contributed by atoms with Crippen LogP contribution in [-0.2, 0) is 16.4 Å². The third kappa shape index (κ3) is 4.05. The third-order valence-electron chi connectivity index (χ3n) is 4.22. The van der Waals surface area contributed by atoms with Crippen LogP contribution in [0.1, 0.15) is 56.0 Å². The lowest BCUT2D eigenvalue weighted by Crippen LogP contribution is -2.37. The monoisotopic (exact) mass is 338 g/mol. The summed E-state index contributed by atoms with van der Waals surface area (Å²) in [5.74, 6) is -0.00679. The third-order valence-corrected chi connectivity index (χ3v) is 6.00. The molecule has 128 valence electrons. The number of hydrogen-bond donors (Lipinski definition) is 1. The molecule has 0 unspecified atom stereocenters. The lowest BCUT2D eigenvalue weighted by Gasteiger charge is -2.30. The quantitative estimate of drug-likeness (QED) is 0.867. The Morgan fingerprint density at radius 1 is 1.35 bits per heavy atom. The molecule has 0 saturated carbocycles. The maximum atomic E-state index is 12.3. The highest BCUT2D eigenvalue weighted by Gasteiger charge is 2.26. The van der Waals surface area contributed by atoms with E-state index in [0.717, 1.165) is 36.9 Å². The average molecular weight is 338 g/mol. The standard InChI is InChI=1S/C17H26N2O3S/c1-4-7-13(3)18-17(20)15-9-10-16-14(12-15)8-6-11-19(16)23(21,22)5-2/h9-10,12-13H,4-8,11H2,1-3H3,(H,18,20)/t13-/m1/s1. The molecule has 1 aliphatic rings. The van der Waals surface area contributed by atoms with E-state index in [2.05, 4.69) is 12.2 Å². The van der Waals surface area contributed by atoms with Crippen LogP contribution in [0.25, 0.3) is 0 Å². The van der Waals surface area contributed by atoms with Gasteiger partial charge in [0.25, 0.3) is 5.91 Å². The van der Waals surface area contributed by atoms with Crippen molar-refractivity contribution >= 4 is 21.6 Å². The van der Waals surface area contributed by atoms with Crippen molar-refractivity contribution in [2.45, 2.75) is 52.5 Å². The molecule has 2 rings (SSSR count). The van der Waals surface area contributed by atoms with Gasteiger partial charge in [0.2, 0.25) is 10.0 Å². The highest BCUT2D eigenvalue weighted by atomic mass is 32.2. The Hall–Kier alpha value is -1.56. The van der Waals surface area contributed by atoms with Gasteiger partial charge in [0, 0.05) is 18.2 Å². The Labute approximate surface area is 139 Å². The first-order chi connectivity index (χ1) is 10.9. The van der Waals surface area contributed by atoms with Gasteiger partial charge in [-0.2, -0.15) is 0 Å². The van der Waals surface area contributed by atoms with Gasteiger partial charge in [-0.15, -0.1) is 0 Å². The molecule has 0 saturated heterocycles. The van der Waals surface area contributed by atoms with E-state index in [1.165, 1.54) is 4.31 Å². The first-order valence-corrected chi connectivity index (χ1v) is 9.94.